The van der Waals surface area contributed by atoms with Crippen molar-refractivity contribution in [3.63, 3.8) is 0 Å². The molecular weight excluding hydrogens is 389 g/mol. The van der Waals surface area contributed by atoms with Gasteiger partial charge in [-0.15, -0.1) is 24.8 Å². The number of carbonyl (C=O) groups excluding carboxylic acids is 2. The minimum Gasteiger partial charge on any atom is -0.342 e. The molecule has 7 nitrogen and oxygen atoms in total. The number of rotatable bonds is 7. The average molecular weight is 426 g/mol. The van der Waals surface area contributed by atoms with Crippen molar-refractivity contribution in [2.24, 2.45) is 0 Å². The zero-order valence-electron chi connectivity index (χ0n) is 16.8. The molecule has 2 aliphatic rings. The summed E-state index contributed by atoms with van der Waals surface area (Å²) in [7, 11) is 0. The van der Waals surface area contributed by atoms with E-state index in [0.29, 0.717) is 13.0 Å². The summed E-state index contributed by atoms with van der Waals surface area (Å²) in [5.74, 6) is 0.506. The van der Waals surface area contributed by atoms with Gasteiger partial charge in [-0.1, -0.05) is 0 Å². The van der Waals surface area contributed by atoms with Gasteiger partial charge in [-0.3, -0.25) is 14.5 Å². The van der Waals surface area contributed by atoms with E-state index in [-0.39, 0.29) is 36.6 Å². The number of halogens is 2. The maximum absolute atomic E-state index is 12.3. The maximum atomic E-state index is 12.3. The molecule has 0 aliphatic carbocycles. The molecule has 0 spiro atoms. The number of likely N-dealkylation sites (N-methyl/N-ethyl adjacent to an activating group) is 1. The number of hydrogen-bond donors (Lipinski definition) is 1. The Bertz CT molecular complexity index is 432. The lowest BCUT2D eigenvalue weighted by Crippen LogP contribution is -2.47. The van der Waals surface area contributed by atoms with Crippen molar-refractivity contribution < 1.29 is 9.59 Å². The predicted octanol–water partition coefficient (Wildman–Crippen LogP) is 0.528. The van der Waals surface area contributed by atoms with Gasteiger partial charge >= 0.3 is 0 Å². The van der Waals surface area contributed by atoms with Crippen LogP contribution in [0.4, 0.5) is 0 Å². The lowest BCUT2D eigenvalue weighted by molar-refractivity contribution is -0.132. The number of nitrogens with one attached hydrogen (secondary N) is 1. The van der Waals surface area contributed by atoms with E-state index in [1.165, 1.54) is 0 Å². The molecule has 0 aromatic carbocycles. The van der Waals surface area contributed by atoms with Gasteiger partial charge in [0.15, 0.2) is 0 Å². The number of carbonyl (C=O) groups is 2. The SMILES string of the molecule is CCN(CC)C(=O)CN1CCCN(CCC(=O)N2CCNCC2)CC1.Cl.Cl. The van der Waals surface area contributed by atoms with Crippen molar-refractivity contribution in [1.29, 1.82) is 0 Å². The van der Waals surface area contributed by atoms with Crippen molar-refractivity contribution in [3.8, 4) is 0 Å². The first-order valence-corrected chi connectivity index (χ1v) is 9.85. The van der Waals surface area contributed by atoms with E-state index >= 15 is 0 Å². The third kappa shape index (κ3) is 8.96. The van der Waals surface area contributed by atoms with Gasteiger partial charge in [0.25, 0.3) is 0 Å². The van der Waals surface area contributed by atoms with Crippen LogP contribution in [-0.2, 0) is 9.59 Å². The Morgan fingerprint density at radius 1 is 0.889 bits per heavy atom. The molecule has 0 radical (unpaired) electrons. The molecule has 2 aliphatic heterocycles. The Morgan fingerprint density at radius 2 is 1.48 bits per heavy atom. The summed E-state index contributed by atoms with van der Waals surface area (Å²) in [5, 5.41) is 3.28. The van der Waals surface area contributed by atoms with Crippen LogP contribution >= 0.6 is 24.8 Å². The van der Waals surface area contributed by atoms with Crippen LogP contribution in [0.15, 0.2) is 0 Å². The van der Waals surface area contributed by atoms with Gasteiger partial charge in [-0.25, -0.2) is 0 Å². The zero-order chi connectivity index (χ0) is 18.1. The van der Waals surface area contributed by atoms with E-state index in [1.807, 2.05) is 23.6 Å². The van der Waals surface area contributed by atoms with Crippen molar-refractivity contribution in [2.75, 3.05) is 78.5 Å². The van der Waals surface area contributed by atoms with E-state index in [4.69, 9.17) is 0 Å². The minimum absolute atomic E-state index is 0. The number of nitrogens with zero attached hydrogens (tertiary/aromatic N) is 4. The van der Waals surface area contributed by atoms with E-state index in [0.717, 1.165) is 78.4 Å². The van der Waals surface area contributed by atoms with Gasteiger partial charge in [-0.2, -0.15) is 0 Å². The Hall–Kier alpha value is -0.600. The molecular formula is C18H37Cl2N5O2. The molecule has 9 heteroatoms. The largest absolute Gasteiger partial charge is 0.342 e. The Morgan fingerprint density at radius 3 is 2.11 bits per heavy atom. The predicted molar refractivity (Wildman–Crippen MR) is 114 cm³/mol. The van der Waals surface area contributed by atoms with Crippen LogP contribution in [0.3, 0.4) is 0 Å². The first-order chi connectivity index (χ1) is 12.1. The second kappa shape index (κ2) is 14.4. The van der Waals surface area contributed by atoms with Gasteiger partial charge in [0.1, 0.15) is 0 Å². The molecule has 2 amide bonds. The molecule has 2 heterocycles. The standard InChI is InChI=1S/C18H35N5O2.2ClH/c1-3-22(4-2)18(25)16-21-10-5-9-20(14-15-21)11-6-17(24)23-12-7-19-8-13-23;;/h19H,3-16H2,1-2H3;2*1H. The molecule has 2 rings (SSSR count). The number of piperazine rings is 1. The Labute approximate surface area is 176 Å². The molecule has 2 fully saturated rings. The smallest absolute Gasteiger partial charge is 0.236 e. The van der Waals surface area contributed by atoms with Gasteiger partial charge in [0.05, 0.1) is 6.54 Å². The lowest BCUT2D eigenvalue weighted by Gasteiger charge is -2.28. The monoisotopic (exact) mass is 425 g/mol. The Kier molecular flexibility index (Phi) is 14.1. The second-order valence-corrected chi connectivity index (χ2v) is 6.92. The van der Waals surface area contributed by atoms with E-state index in [2.05, 4.69) is 15.1 Å². The van der Waals surface area contributed by atoms with Crippen LogP contribution in [0.1, 0.15) is 26.7 Å². The minimum atomic E-state index is 0. The summed E-state index contributed by atoms with van der Waals surface area (Å²) in [6, 6.07) is 0. The third-order valence-corrected chi connectivity index (χ3v) is 5.27. The average Bonchev–Trinajstić information content (AvgIpc) is 2.86. The third-order valence-electron chi connectivity index (χ3n) is 5.27. The van der Waals surface area contributed by atoms with Crippen LogP contribution in [0.2, 0.25) is 0 Å². The quantitative estimate of drug-likeness (QED) is 0.644. The molecule has 0 atom stereocenters. The summed E-state index contributed by atoms with van der Waals surface area (Å²) in [5.41, 5.74) is 0. The molecule has 0 aromatic heterocycles. The topological polar surface area (TPSA) is 59.1 Å². The first-order valence-electron chi connectivity index (χ1n) is 9.85. The molecule has 160 valence electrons. The molecule has 0 saturated carbocycles. The molecule has 0 aromatic rings. The van der Waals surface area contributed by atoms with Gasteiger partial charge < -0.3 is 20.0 Å². The highest BCUT2D eigenvalue weighted by atomic mass is 35.5. The fraction of sp³-hybridized carbons (Fsp3) is 0.889. The number of amides is 2. The zero-order valence-corrected chi connectivity index (χ0v) is 18.5. The fourth-order valence-corrected chi connectivity index (χ4v) is 3.60. The van der Waals surface area contributed by atoms with Crippen molar-refractivity contribution in [2.45, 2.75) is 26.7 Å². The van der Waals surface area contributed by atoms with Crippen LogP contribution in [0.5, 0.6) is 0 Å². The van der Waals surface area contributed by atoms with Crippen molar-refractivity contribution >= 4 is 36.6 Å². The summed E-state index contributed by atoms with van der Waals surface area (Å²) in [6.45, 7) is 14.3. The summed E-state index contributed by atoms with van der Waals surface area (Å²) < 4.78 is 0. The second-order valence-electron chi connectivity index (χ2n) is 6.92. The number of hydrogen-bond acceptors (Lipinski definition) is 5. The first kappa shape index (κ1) is 26.4. The fourth-order valence-electron chi connectivity index (χ4n) is 3.60. The molecule has 1 N–H and O–H groups in total. The lowest BCUT2D eigenvalue weighted by atomic mass is 10.3. The van der Waals surface area contributed by atoms with E-state index in [9.17, 15) is 9.59 Å². The van der Waals surface area contributed by atoms with Crippen LogP contribution in [0.25, 0.3) is 0 Å². The highest BCUT2D eigenvalue weighted by molar-refractivity contribution is 5.85. The van der Waals surface area contributed by atoms with Crippen molar-refractivity contribution in [3.05, 3.63) is 0 Å². The van der Waals surface area contributed by atoms with Gasteiger partial charge in [-0.05, 0) is 33.4 Å². The highest BCUT2D eigenvalue weighted by Gasteiger charge is 2.21. The molecule has 0 bridgehead atoms. The van der Waals surface area contributed by atoms with Crippen LogP contribution < -0.4 is 5.32 Å². The van der Waals surface area contributed by atoms with E-state index in [1.54, 1.807) is 0 Å². The molecule has 2 saturated heterocycles. The normalized spacial score (nSPS) is 18.8. The maximum Gasteiger partial charge on any atom is 0.236 e. The van der Waals surface area contributed by atoms with Gasteiger partial charge in [0.2, 0.25) is 11.8 Å². The van der Waals surface area contributed by atoms with Crippen LogP contribution in [0, 0.1) is 0 Å². The summed E-state index contributed by atoms with van der Waals surface area (Å²) in [6.07, 6.45) is 1.67. The highest BCUT2D eigenvalue weighted by Crippen LogP contribution is 2.06. The van der Waals surface area contributed by atoms with Gasteiger partial charge in [0, 0.05) is 65.3 Å². The summed E-state index contributed by atoms with van der Waals surface area (Å²) in [4.78, 5) is 33.1. The molecule has 0 unspecified atom stereocenters. The van der Waals surface area contributed by atoms with Crippen molar-refractivity contribution in [1.82, 2.24) is 24.9 Å². The summed E-state index contributed by atoms with van der Waals surface area (Å²) >= 11 is 0. The van der Waals surface area contributed by atoms with E-state index < -0.39 is 0 Å². The Balaban J connectivity index is 0.00000338. The molecule has 27 heavy (non-hydrogen) atoms. The van der Waals surface area contributed by atoms with Crippen LogP contribution in [-0.4, -0.2) is 110 Å².